The molecule has 5 rings (SSSR count). The van der Waals surface area contributed by atoms with Crippen molar-refractivity contribution < 1.29 is 14.3 Å². The molecule has 2 fully saturated rings. The average Bonchev–Trinajstić information content (AvgIpc) is 3.50. The van der Waals surface area contributed by atoms with Crippen molar-refractivity contribution in [2.24, 2.45) is 0 Å². The fourth-order valence-electron chi connectivity index (χ4n) is 4.52. The molecule has 1 unspecified atom stereocenters. The third kappa shape index (κ3) is 4.28. The number of carbonyl (C=O) groups excluding carboxylic acids is 1. The van der Waals surface area contributed by atoms with Crippen molar-refractivity contribution in [3.05, 3.63) is 58.6 Å². The lowest BCUT2D eigenvalue weighted by Gasteiger charge is -2.30. The first kappa shape index (κ1) is 19.7. The second-order valence-corrected chi connectivity index (χ2v) is 8.85. The molecule has 1 atom stereocenters. The minimum Gasteiger partial charge on any atom is -0.486 e. The number of hydrogen-bond donors (Lipinski definition) is 0. The molecule has 1 saturated heterocycles. The Bertz CT molecular complexity index is 913. The van der Waals surface area contributed by atoms with Crippen LogP contribution >= 0.6 is 11.6 Å². The minimum atomic E-state index is 0.116. The minimum absolute atomic E-state index is 0.116. The van der Waals surface area contributed by atoms with Crippen molar-refractivity contribution in [1.82, 2.24) is 9.80 Å². The Morgan fingerprint density at radius 3 is 2.57 bits per heavy atom. The average molecular weight is 427 g/mol. The lowest BCUT2D eigenvalue weighted by molar-refractivity contribution is -0.133. The van der Waals surface area contributed by atoms with E-state index in [1.807, 2.05) is 18.2 Å². The molecule has 0 radical (unpaired) electrons. The van der Waals surface area contributed by atoms with Crippen LogP contribution in [0.25, 0.3) is 0 Å². The Balaban J connectivity index is 1.29. The number of nitrogens with zero attached hydrogens (tertiary/aromatic N) is 2. The molecule has 0 bridgehead atoms. The van der Waals surface area contributed by atoms with Gasteiger partial charge in [0.2, 0.25) is 5.91 Å². The van der Waals surface area contributed by atoms with Crippen LogP contribution in [-0.2, 0) is 11.3 Å². The van der Waals surface area contributed by atoms with Gasteiger partial charge < -0.3 is 14.4 Å². The molecule has 3 aliphatic rings. The highest BCUT2D eigenvalue weighted by molar-refractivity contribution is 6.30. The largest absolute Gasteiger partial charge is 0.486 e. The topological polar surface area (TPSA) is 42.0 Å². The zero-order chi connectivity index (χ0) is 20.5. The number of amides is 1. The summed E-state index contributed by atoms with van der Waals surface area (Å²) in [5, 5.41) is 0.743. The van der Waals surface area contributed by atoms with Gasteiger partial charge in [0.1, 0.15) is 13.2 Å². The van der Waals surface area contributed by atoms with Crippen molar-refractivity contribution in [3.8, 4) is 11.5 Å². The fraction of sp³-hybridized carbons (Fsp3) is 0.458. The van der Waals surface area contributed by atoms with E-state index in [4.69, 9.17) is 21.1 Å². The van der Waals surface area contributed by atoms with Crippen LogP contribution in [0, 0.1) is 0 Å². The Morgan fingerprint density at radius 1 is 1.03 bits per heavy atom. The molecule has 2 aromatic rings. The lowest BCUT2D eigenvalue weighted by atomic mass is 10.0. The molecule has 1 aliphatic carbocycles. The Kier molecular flexibility index (Phi) is 5.57. The molecule has 30 heavy (non-hydrogen) atoms. The summed E-state index contributed by atoms with van der Waals surface area (Å²) in [6.07, 6.45) is 4.37. The third-order valence-electron chi connectivity index (χ3n) is 6.22. The summed E-state index contributed by atoms with van der Waals surface area (Å²) in [5.41, 5.74) is 2.34. The van der Waals surface area contributed by atoms with Crippen molar-refractivity contribution in [3.63, 3.8) is 0 Å². The summed E-state index contributed by atoms with van der Waals surface area (Å²) < 4.78 is 11.4. The van der Waals surface area contributed by atoms with E-state index in [0.717, 1.165) is 48.0 Å². The van der Waals surface area contributed by atoms with E-state index in [1.165, 1.54) is 18.4 Å². The van der Waals surface area contributed by atoms with Crippen LogP contribution in [0.5, 0.6) is 11.5 Å². The van der Waals surface area contributed by atoms with Gasteiger partial charge in [-0.25, -0.2) is 0 Å². The van der Waals surface area contributed by atoms with Gasteiger partial charge >= 0.3 is 0 Å². The SMILES string of the molecule is O=C(CN(Cc1ccc(Cl)cc1)C1CC1)N1CCCC1c1ccc2c(c1)OCCO2. The standard InChI is InChI=1S/C24H27ClN2O3/c25-19-6-3-17(4-7-19)15-26(20-8-9-20)16-24(28)27-11-1-2-21(27)18-5-10-22-23(14-18)30-13-12-29-22/h3-7,10,14,20-21H,1-2,8-9,11-13,15-16H2. The van der Waals surface area contributed by atoms with Gasteiger partial charge in [0.15, 0.2) is 11.5 Å². The van der Waals surface area contributed by atoms with Gasteiger partial charge in [-0.2, -0.15) is 0 Å². The molecule has 158 valence electrons. The summed E-state index contributed by atoms with van der Waals surface area (Å²) in [5.74, 6) is 1.80. The number of rotatable bonds is 6. The summed E-state index contributed by atoms with van der Waals surface area (Å²) >= 11 is 6.02. The van der Waals surface area contributed by atoms with Crippen LogP contribution < -0.4 is 9.47 Å². The molecule has 1 amide bonds. The molecule has 0 spiro atoms. The highest BCUT2D eigenvalue weighted by Crippen LogP contribution is 2.38. The first-order valence-corrected chi connectivity index (χ1v) is 11.2. The molecule has 0 N–H and O–H groups in total. The summed E-state index contributed by atoms with van der Waals surface area (Å²) in [6.45, 7) is 3.23. The molecular formula is C24H27ClN2O3. The number of carbonyl (C=O) groups is 1. The maximum Gasteiger partial charge on any atom is 0.237 e. The Morgan fingerprint density at radius 2 is 1.80 bits per heavy atom. The number of benzene rings is 2. The first-order valence-electron chi connectivity index (χ1n) is 10.8. The van der Waals surface area contributed by atoms with Gasteiger partial charge in [-0.3, -0.25) is 9.69 Å². The molecule has 2 heterocycles. The van der Waals surface area contributed by atoms with Gasteiger partial charge in [-0.1, -0.05) is 29.8 Å². The van der Waals surface area contributed by atoms with E-state index in [2.05, 4.69) is 34.1 Å². The smallest absolute Gasteiger partial charge is 0.237 e. The van der Waals surface area contributed by atoms with Crippen molar-refractivity contribution in [2.75, 3.05) is 26.3 Å². The highest BCUT2D eigenvalue weighted by atomic mass is 35.5. The maximum atomic E-state index is 13.3. The Labute approximate surface area is 182 Å². The monoisotopic (exact) mass is 426 g/mol. The van der Waals surface area contributed by atoms with E-state index in [-0.39, 0.29) is 11.9 Å². The molecule has 1 saturated carbocycles. The number of likely N-dealkylation sites (tertiary alicyclic amines) is 1. The quantitative estimate of drug-likeness (QED) is 0.684. The van der Waals surface area contributed by atoms with Gasteiger partial charge in [-0.05, 0) is 61.1 Å². The number of hydrogen-bond acceptors (Lipinski definition) is 4. The molecular weight excluding hydrogens is 400 g/mol. The van der Waals surface area contributed by atoms with E-state index in [1.54, 1.807) is 0 Å². The van der Waals surface area contributed by atoms with Crippen molar-refractivity contribution in [2.45, 2.75) is 44.3 Å². The van der Waals surface area contributed by atoms with Crippen LogP contribution in [0.1, 0.15) is 42.9 Å². The molecule has 5 nitrogen and oxygen atoms in total. The highest BCUT2D eigenvalue weighted by Gasteiger charge is 2.35. The summed E-state index contributed by atoms with van der Waals surface area (Å²) in [4.78, 5) is 17.7. The number of halogens is 1. The predicted octanol–water partition coefficient (Wildman–Crippen LogP) is 4.44. The van der Waals surface area contributed by atoms with E-state index in [9.17, 15) is 4.79 Å². The number of ether oxygens (including phenoxy) is 2. The lowest BCUT2D eigenvalue weighted by Crippen LogP contribution is -2.40. The fourth-order valence-corrected chi connectivity index (χ4v) is 4.65. The normalized spacial score (nSPS) is 20.6. The predicted molar refractivity (Wildman–Crippen MR) is 116 cm³/mol. The molecule has 0 aromatic heterocycles. The van der Waals surface area contributed by atoms with Crippen LogP contribution in [-0.4, -0.2) is 48.1 Å². The van der Waals surface area contributed by atoms with Crippen molar-refractivity contribution in [1.29, 1.82) is 0 Å². The van der Waals surface area contributed by atoms with E-state index >= 15 is 0 Å². The van der Waals surface area contributed by atoms with E-state index in [0.29, 0.717) is 25.8 Å². The third-order valence-corrected chi connectivity index (χ3v) is 6.48. The summed E-state index contributed by atoms with van der Waals surface area (Å²) in [7, 11) is 0. The van der Waals surface area contributed by atoms with Gasteiger partial charge in [-0.15, -0.1) is 0 Å². The van der Waals surface area contributed by atoms with Gasteiger partial charge in [0.05, 0.1) is 12.6 Å². The first-order chi connectivity index (χ1) is 14.7. The Hall–Kier alpha value is -2.24. The van der Waals surface area contributed by atoms with Gasteiger partial charge in [0, 0.05) is 24.2 Å². The zero-order valence-corrected chi connectivity index (χ0v) is 17.8. The molecule has 2 aliphatic heterocycles. The van der Waals surface area contributed by atoms with Gasteiger partial charge in [0.25, 0.3) is 0 Å². The molecule has 6 heteroatoms. The van der Waals surface area contributed by atoms with Crippen LogP contribution in [0.2, 0.25) is 5.02 Å². The second kappa shape index (κ2) is 8.48. The maximum absolute atomic E-state index is 13.3. The van der Waals surface area contributed by atoms with Crippen molar-refractivity contribution >= 4 is 17.5 Å². The van der Waals surface area contributed by atoms with Crippen LogP contribution in [0.4, 0.5) is 0 Å². The number of fused-ring (bicyclic) bond motifs is 1. The molecule has 2 aromatic carbocycles. The second-order valence-electron chi connectivity index (χ2n) is 8.41. The van der Waals surface area contributed by atoms with Crippen LogP contribution in [0.15, 0.2) is 42.5 Å². The summed E-state index contributed by atoms with van der Waals surface area (Å²) in [6, 6.07) is 14.7. The zero-order valence-electron chi connectivity index (χ0n) is 17.1. The van der Waals surface area contributed by atoms with Crippen LogP contribution in [0.3, 0.4) is 0 Å². The van der Waals surface area contributed by atoms with E-state index < -0.39 is 0 Å².